The maximum absolute atomic E-state index is 5.85. The Labute approximate surface area is 110 Å². The minimum atomic E-state index is 0.0254. The van der Waals surface area contributed by atoms with Gasteiger partial charge in [0.05, 0.1) is 6.04 Å². The quantitative estimate of drug-likeness (QED) is 0.902. The van der Waals surface area contributed by atoms with Gasteiger partial charge in [-0.15, -0.1) is 10.2 Å². The van der Waals surface area contributed by atoms with Crippen molar-refractivity contribution in [2.45, 2.75) is 19.6 Å². The van der Waals surface area contributed by atoms with Crippen LogP contribution in [0, 0.1) is 0 Å². The maximum Gasteiger partial charge on any atom is 0.253 e. The Balaban J connectivity index is 1.96. The minimum Gasteiger partial charge on any atom is -0.484 e. The number of hydrogen-bond acceptors (Lipinski definition) is 5. The van der Waals surface area contributed by atoms with Gasteiger partial charge in [-0.05, 0) is 32.2 Å². The summed E-state index contributed by atoms with van der Waals surface area (Å²) in [5.41, 5.74) is 0. The molecule has 1 heterocycles. The van der Waals surface area contributed by atoms with E-state index in [0.717, 1.165) is 0 Å². The number of nitrogens with zero attached hydrogens (tertiary/aromatic N) is 2. The van der Waals surface area contributed by atoms with Gasteiger partial charge < -0.3 is 14.5 Å². The van der Waals surface area contributed by atoms with E-state index in [1.807, 2.05) is 26.1 Å². The van der Waals surface area contributed by atoms with Crippen molar-refractivity contribution in [3.8, 4) is 5.75 Å². The Hall–Kier alpha value is -1.59. The molecule has 1 atom stereocenters. The highest BCUT2D eigenvalue weighted by molar-refractivity contribution is 6.30. The average Bonchev–Trinajstić information content (AvgIpc) is 2.84. The van der Waals surface area contributed by atoms with Crippen molar-refractivity contribution in [3.63, 3.8) is 0 Å². The fourth-order valence-electron chi connectivity index (χ4n) is 1.33. The highest BCUT2D eigenvalue weighted by Gasteiger charge is 2.12. The van der Waals surface area contributed by atoms with E-state index in [1.165, 1.54) is 0 Å². The Morgan fingerprint density at radius 2 is 2.28 bits per heavy atom. The van der Waals surface area contributed by atoms with Gasteiger partial charge in [0, 0.05) is 5.02 Å². The summed E-state index contributed by atoms with van der Waals surface area (Å²) < 4.78 is 10.9. The van der Waals surface area contributed by atoms with E-state index in [0.29, 0.717) is 22.6 Å². The fourth-order valence-corrected chi connectivity index (χ4v) is 1.51. The third-order valence-corrected chi connectivity index (χ3v) is 2.68. The van der Waals surface area contributed by atoms with Crippen LogP contribution < -0.4 is 10.1 Å². The lowest BCUT2D eigenvalue weighted by molar-refractivity contribution is 0.255. The standard InChI is InChI=1S/C12H14ClN3O2/c1-8(14-2)12-16-15-11(18-12)7-17-10-5-3-4-9(13)6-10/h3-6,8,14H,7H2,1-2H3. The van der Waals surface area contributed by atoms with Crippen LogP contribution in [0.15, 0.2) is 28.7 Å². The third kappa shape index (κ3) is 3.21. The van der Waals surface area contributed by atoms with Crippen molar-refractivity contribution in [2.24, 2.45) is 0 Å². The smallest absolute Gasteiger partial charge is 0.253 e. The Bertz CT molecular complexity index is 516. The average molecular weight is 268 g/mol. The first kappa shape index (κ1) is 12.9. The molecule has 0 aliphatic rings. The van der Waals surface area contributed by atoms with Crippen LogP contribution in [-0.4, -0.2) is 17.2 Å². The van der Waals surface area contributed by atoms with Crippen molar-refractivity contribution in [2.75, 3.05) is 7.05 Å². The zero-order valence-corrected chi connectivity index (χ0v) is 10.9. The van der Waals surface area contributed by atoms with Gasteiger partial charge in [0.15, 0.2) is 6.61 Å². The number of aromatic nitrogens is 2. The summed E-state index contributed by atoms with van der Waals surface area (Å²) >= 11 is 5.85. The van der Waals surface area contributed by atoms with E-state index in [1.54, 1.807) is 12.1 Å². The first-order chi connectivity index (χ1) is 8.69. The second-order valence-electron chi connectivity index (χ2n) is 3.79. The van der Waals surface area contributed by atoms with Gasteiger partial charge in [0.1, 0.15) is 5.75 Å². The van der Waals surface area contributed by atoms with Gasteiger partial charge in [-0.3, -0.25) is 0 Å². The summed E-state index contributed by atoms with van der Waals surface area (Å²) in [5.74, 6) is 1.65. The lowest BCUT2D eigenvalue weighted by Crippen LogP contribution is -2.12. The molecule has 2 aromatic rings. The molecule has 0 spiro atoms. The van der Waals surface area contributed by atoms with Crippen molar-refractivity contribution >= 4 is 11.6 Å². The van der Waals surface area contributed by atoms with E-state index >= 15 is 0 Å². The number of nitrogens with one attached hydrogen (secondary N) is 1. The fraction of sp³-hybridized carbons (Fsp3) is 0.333. The second-order valence-corrected chi connectivity index (χ2v) is 4.23. The summed E-state index contributed by atoms with van der Waals surface area (Å²) in [5, 5.41) is 11.5. The molecule has 1 aromatic carbocycles. The Morgan fingerprint density at radius 3 is 3.00 bits per heavy atom. The lowest BCUT2D eigenvalue weighted by atomic mass is 10.3. The third-order valence-electron chi connectivity index (χ3n) is 2.44. The van der Waals surface area contributed by atoms with Crippen LogP contribution in [0.25, 0.3) is 0 Å². The van der Waals surface area contributed by atoms with Gasteiger partial charge >= 0.3 is 0 Å². The van der Waals surface area contributed by atoms with Crippen molar-refractivity contribution in [3.05, 3.63) is 41.1 Å². The first-order valence-corrected chi connectivity index (χ1v) is 5.94. The molecule has 18 heavy (non-hydrogen) atoms. The van der Waals surface area contributed by atoms with Crippen molar-refractivity contribution in [1.29, 1.82) is 0 Å². The van der Waals surface area contributed by atoms with Gasteiger partial charge in [-0.2, -0.15) is 0 Å². The van der Waals surface area contributed by atoms with Gasteiger partial charge in [-0.25, -0.2) is 0 Å². The molecule has 0 saturated carbocycles. The highest BCUT2D eigenvalue weighted by Crippen LogP contribution is 2.18. The van der Waals surface area contributed by atoms with Gasteiger partial charge in [0.2, 0.25) is 5.89 Å². The van der Waals surface area contributed by atoms with Crippen molar-refractivity contribution < 1.29 is 9.15 Å². The Kier molecular flexibility index (Phi) is 4.17. The Morgan fingerprint density at radius 1 is 1.44 bits per heavy atom. The van der Waals surface area contributed by atoms with Gasteiger partial charge in [-0.1, -0.05) is 17.7 Å². The molecule has 0 bridgehead atoms. The van der Waals surface area contributed by atoms with E-state index in [-0.39, 0.29) is 12.6 Å². The molecule has 0 saturated heterocycles. The zero-order chi connectivity index (χ0) is 13.0. The van der Waals surface area contributed by atoms with Gasteiger partial charge in [0.25, 0.3) is 5.89 Å². The number of benzene rings is 1. The number of hydrogen-bond donors (Lipinski definition) is 1. The summed E-state index contributed by atoms with van der Waals surface area (Å²) in [6.07, 6.45) is 0. The van der Waals surface area contributed by atoms with Crippen LogP contribution in [0.1, 0.15) is 24.7 Å². The predicted octanol–water partition coefficient (Wildman–Crippen LogP) is 2.58. The molecule has 0 fully saturated rings. The van der Waals surface area contributed by atoms with E-state index in [2.05, 4.69) is 15.5 Å². The van der Waals surface area contributed by atoms with E-state index < -0.39 is 0 Å². The van der Waals surface area contributed by atoms with Crippen LogP contribution in [-0.2, 0) is 6.61 Å². The number of rotatable bonds is 5. The topological polar surface area (TPSA) is 60.2 Å². The summed E-state index contributed by atoms with van der Waals surface area (Å²) in [6, 6.07) is 7.18. The molecule has 96 valence electrons. The first-order valence-electron chi connectivity index (χ1n) is 5.57. The second kappa shape index (κ2) is 5.84. The van der Waals surface area contributed by atoms with Crippen LogP contribution >= 0.6 is 11.6 Å². The molecule has 6 heteroatoms. The molecular formula is C12H14ClN3O2. The summed E-state index contributed by atoms with van der Waals surface area (Å²) in [7, 11) is 1.83. The van der Waals surface area contributed by atoms with E-state index in [4.69, 9.17) is 20.8 Å². The molecule has 1 N–H and O–H groups in total. The number of halogens is 1. The highest BCUT2D eigenvalue weighted by atomic mass is 35.5. The predicted molar refractivity (Wildman–Crippen MR) is 67.6 cm³/mol. The molecule has 0 aliphatic heterocycles. The lowest BCUT2D eigenvalue weighted by Gasteiger charge is -2.04. The largest absolute Gasteiger partial charge is 0.484 e. The van der Waals surface area contributed by atoms with E-state index in [9.17, 15) is 0 Å². The number of ether oxygens (including phenoxy) is 1. The summed E-state index contributed by atoms with van der Waals surface area (Å²) in [6.45, 7) is 2.17. The van der Waals surface area contributed by atoms with Crippen LogP contribution in [0.3, 0.4) is 0 Å². The molecule has 0 amide bonds. The monoisotopic (exact) mass is 267 g/mol. The molecular weight excluding hydrogens is 254 g/mol. The molecule has 1 aromatic heterocycles. The molecule has 5 nitrogen and oxygen atoms in total. The normalized spacial score (nSPS) is 12.4. The van der Waals surface area contributed by atoms with Crippen LogP contribution in [0.5, 0.6) is 5.75 Å². The zero-order valence-electron chi connectivity index (χ0n) is 10.2. The molecule has 2 rings (SSSR count). The molecule has 0 aliphatic carbocycles. The van der Waals surface area contributed by atoms with Crippen LogP contribution in [0.2, 0.25) is 5.02 Å². The SMILES string of the molecule is CNC(C)c1nnc(COc2cccc(Cl)c2)o1. The maximum atomic E-state index is 5.85. The van der Waals surface area contributed by atoms with Crippen molar-refractivity contribution in [1.82, 2.24) is 15.5 Å². The summed E-state index contributed by atoms with van der Waals surface area (Å²) in [4.78, 5) is 0. The minimum absolute atomic E-state index is 0.0254. The van der Waals surface area contributed by atoms with Crippen LogP contribution in [0.4, 0.5) is 0 Å². The molecule has 1 unspecified atom stereocenters. The molecule has 0 radical (unpaired) electrons.